The number of carbonyl (C=O) groups excluding carboxylic acids is 2. The van der Waals surface area contributed by atoms with Gasteiger partial charge in [0.05, 0.1) is 0 Å². The largest absolute Gasteiger partial charge is 0.358 e. The molecule has 0 bridgehead atoms. The van der Waals surface area contributed by atoms with Crippen LogP contribution >= 0.6 is 0 Å². The summed E-state index contributed by atoms with van der Waals surface area (Å²) >= 11 is 0. The Balaban J connectivity index is 2.10. The summed E-state index contributed by atoms with van der Waals surface area (Å²) < 4.78 is 0. The van der Waals surface area contributed by atoms with Crippen molar-refractivity contribution in [2.75, 3.05) is 26.7 Å². The third-order valence-electron chi connectivity index (χ3n) is 3.71. The number of likely N-dealkylation sites (N-methyl/N-ethyl adjacent to an activating group) is 1. The maximum atomic E-state index is 12.0. The van der Waals surface area contributed by atoms with Crippen LogP contribution in [0.5, 0.6) is 0 Å². The lowest BCUT2D eigenvalue weighted by Crippen LogP contribution is -2.59. The van der Waals surface area contributed by atoms with Crippen LogP contribution in [-0.4, -0.2) is 54.3 Å². The summed E-state index contributed by atoms with van der Waals surface area (Å²) in [5, 5.41) is 2.69. The second-order valence-electron chi connectivity index (χ2n) is 5.05. The van der Waals surface area contributed by atoms with Crippen molar-refractivity contribution in [3.05, 3.63) is 35.9 Å². The van der Waals surface area contributed by atoms with Crippen molar-refractivity contribution in [3.8, 4) is 0 Å². The zero-order chi connectivity index (χ0) is 14.5. The molecule has 1 atom stereocenters. The van der Waals surface area contributed by atoms with Crippen molar-refractivity contribution in [2.45, 2.75) is 19.5 Å². The zero-order valence-corrected chi connectivity index (χ0v) is 12.0. The SMILES string of the molecule is CNC(=O)[C@H]1CN(C(C)=O)CCN1Cc1ccccc1. The van der Waals surface area contributed by atoms with Crippen LogP contribution in [0.15, 0.2) is 30.3 Å². The Labute approximate surface area is 119 Å². The molecule has 108 valence electrons. The molecule has 0 spiro atoms. The lowest BCUT2D eigenvalue weighted by atomic mass is 10.1. The smallest absolute Gasteiger partial charge is 0.238 e. The van der Waals surface area contributed by atoms with Gasteiger partial charge in [0, 0.05) is 40.2 Å². The second-order valence-corrected chi connectivity index (χ2v) is 5.05. The molecular formula is C15H21N3O2. The number of nitrogens with zero attached hydrogens (tertiary/aromatic N) is 2. The first-order chi connectivity index (χ1) is 9.61. The van der Waals surface area contributed by atoms with E-state index in [1.165, 1.54) is 5.56 Å². The molecule has 0 aromatic heterocycles. The highest BCUT2D eigenvalue weighted by Crippen LogP contribution is 2.14. The molecule has 1 aromatic rings. The fraction of sp³-hybridized carbons (Fsp3) is 0.467. The van der Waals surface area contributed by atoms with Crippen LogP contribution < -0.4 is 5.32 Å². The molecule has 1 aliphatic heterocycles. The fourth-order valence-electron chi connectivity index (χ4n) is 2.53. The summed E-state index contributed by atoms with van der Waals surface area (Å²) in [7, 11) is 1.63. The summed E-state index contributed by atoms with van der Waals surface area (Å²) in [6, 6.07) is 9.80. The predicted molar refractivity (Wildman–Crippen MR) is 77.0 cm³/mol. The maximum Gasteiger partial charge on any atom is 0.238 e. The van der Waals surface area contributed by atoms with E-state index < -0.39 is 0 Å². The van der Waals surface area contributed by atoms with Crippen LogP contribution in [0.2, 0.25) is 0 Å². The van der Waals surface area contributed by atoms with Gasteiger partial charge in [0.1, 0.15) is 6.04 Å². The summed E-state index contributed by atoms with van der Waals surface area (Å²) in [4.78, 5) is 27.4. The topological polar surface area (TPSA) is 52.7 Å². The standard InChI is InChI=1S/C15H21N3O2/c1-12(19)17-8-9-18(14(11-17)15(20)16-2)10-13-6-4-3-5-7-13/h3-7,14H,8-11H2,1-2H3,(H,16,20)/t14-/m1/s1. The van der Waals surface area contributed by atoms with Crippen LogP contribution in [-0.2, 0) is 16.1 Å². The van der Waals surface area contributed by atoms with Crippen LogP contribution in [0.25, 0.3) is 0 Å². The van der Waals surface area contributed by atoms with E-state index in [1.807, 2.05) is 18.2 Å². The van der Waals surface area contributed by atoms with Crippen molar-refractivity contribution in [1.29, 1.82) is 0 Å². The second kappa shape index (κ2) is 6.52. The number of nitrogens with one attached hydrogen (secondary N) is 1. The highest BCUT2D eigenvalue weighted by atomic mass is 16.2. The number of carbonyl (C=O) groups is 2. The minimum Gasteiger partial charge on any atom is -0.358 e. The maximum absolute atomic E-state index is 12.0. The number of hydrogen-bond acceptors (Lipinski definition) is 3. The van der Waals surface area contributed by atoms with E-state index in [4.69, 9.17) is 0 Å². The van der Waals surface area contributed by atoms with Gasteiger partial charge in [-0.25, -0.2) is 0 Å². The number of piperazine rings is 1. The molecule has 0 saturated carbocycles. The molecule has 20 heavy (non-hydrogen) atoms. The molecule has 1 fully saturated rings. The molecule has 1 aromatic carbocycles. The van der Waals surface area contributed by atoms with Gasteiger partial charge in [0.15, 0.2) is 0 Å². The first-order valence-corrected chi connectivity index (χ1v) is 6.87. The molecule has 1 heterocycles. The molecule has 2 rings (SSSR count). The van der Waals surface area contributed by atoms with Gasteiger partial charge in [-0.15, -0.1) is 0 Å². The quantitative estimate of drug-likeness (QED) is 0.872. The number of benzene rings is 1. The summed E-state index contributed by atoms with van der Waals surface area (Å²) in [6.07, 6.45) is 0. The van der Waals surface area contributed by atoms with E-state index in [9.17, 15) is 9.59 Å². The lowest BCUT2D eigenvalue weighted by molar-refractivity contribution is -0.136. The third-order valence-corrected chi connectivity index (χ3v) is 3.71. The van der Waals surface area contributed by atoms with Gasteiger partial charge in [0.25, 0.3) is 0 Å². The van der Waals surface area contributed by atoms with E-state index in [0.29, 0.717) is 19.6 Å². The minimum absolute atomic E-state index is 0.0262. The zero-order valence-electron chi connectivity index (χ0n) is 12.0. The van der Waals surface area contributed by atoms with Gasteiger partial charge in [-0.05, 0) is 5.56 Å². The van der Waals surface area contributed by atoms with Crippen LogP contribution in [0, 0.1) is 0 Å². The van der Waals surface area contributed by atoms with E-state index in [0.717, 1.165) is 6.54 Å². The van der Waals surface area contributed by atoms with E-state index >= 15 is 0 Å². The molecule has 0 unspecified atom stereocenters. The molecule has 5 nitrogen and oxygen atoms in total. The molecule has 1 saturated heterocycles. The van der Waals surface area contributed by atoms with Gasteiger partial charge >= 0.3 is 0 Å². The van der Waals surface area contributed by atoms with Crippen LogP contribution in [0.1, 0.15) is 12.5 Å². The Kier molecular flexibility index (Phi) is 4.74. The first kappa shape index (κ1) is 14.5. The molecule has 1 aliphatic rings. The van der Waals surface area contributed by atoms with Crippen LogP contribution in [0.3, 0.4) is 0 Å². The van der Waals surface area contributed by atoms with Crippen molar-refractivity contribution in [1.82, 2.24) is 15.1 Å². The minimum atomic E-state index is -0.280. The summed E-state index contributed by atoms with van der Waals surface area (Å²) in [5.74, 6) is -0.00912. The van der Waals surface area contributed by atoms with Gasteiger partial charge in [-0.3, -0.25) is 14.5 Å². The number of hydrogen-bond donors (Lipinski definition) is 1. The predicted octanol–water partition coefficient (Wildman–Crippen LogP) is 0.465. The molecule has 1 N–H and O–H groups in total. The highest BCUT2D eigenvalue weighted by molar-refractivity contribution is 5.83. The Morgan fingerprint density at radius 3 is 2.55 bits per heavy atom. The Bertz CT molecular complexity index is 475. The molecular weight excluding hydrogens is 254 g/mol. The average Bonchev–Trinajstić information content (AvgIpc) is 2.47. The Morgan fingerprint density at radius 1 is 1.25 bits per heavy atom. The Hall–Kier alpha value is -1.88. The molecule has 0 radical (unpaired) electrons. The highest BCUT2D eigenvalue weighted by Gasteiger charge is 2.32. The van der Waals surface area contributed by atoms with Crippen LogP contribution in [0.4, 0.5) is 0 Å². The fourth-order valence-corrected chi connectivity index (χ4v) is 2.53. The summed E-state index contributed by atoms with van der Waals surface area (Å²) in [6.45, 7) is 4.13. The van der Waals surface area contributed by atoms with Gasteiger partial charge in [-0.1, -0.05) is 30.3 Å². The van der Waals surface area contributed by atoms with E-state index in [-0.39, 0.29) is 17.9 Å². The van der Waals surface area contributed by atoms with Crippen molar-refractivity contribution < 1.29 is 9.59 Å². The van der Waals surface area contributed by atoms with Gasteiger partial charge in [-0.2, -0.15) is 0 Å². The summed E-state index contributed by atoms with van der Waals surface area (Å²) in [5.41, 5.74) is 1.18. The third kappa shape index (κ3) is 3.36. The normalized spacial score (nSPS) is 19.7. The lowest BCUT2D eigenvalue weighted by Gasteiger charge is -2.40. The van der Waals surface area contributed by atoms with Gasteiger partial charge < -0.3 is 10.2 Å². The van der Waals surface area contributed by atoms with Crippen molar-refractivity contribution >= 4 is 11.8 Å². The Morgan fingerprint density at radius 2 is 1.95 bits per heavy atom. The van der Waals surface area contributed by atoms with E-state index in [2.05, 4.69) is 22.3 Å². The molecule has 5 heteroatoms. The first-order valence-electron chi connectivity index (χ1n) is 6.87. The van der Waals surface area contributed by atoms with Crippen molar-refractivity contribution in [2.24, 2.45) is 0 Å². The van der Waals surface area contributed by atoms with Crippen molar-refractivity contribution in [3.63, 3.8) is 0 Å². The number of rotatable bonds is 3. The molecule has 2 amide bonds. The average molecular weight is 275 g/mol. The number of amides is 2. The van der Waals surface area contributed by atoms with Gasteiger partial charge in [0.2, 0.25) is 11.8 Å². The monoisotopic (exact) mass is 275 g/mol. The van der Waals surface area contributed by atoms with E-state index in [1.54, 1.807) is 18.9 Å². The molecule has 0 aliphatic carbocycles.